The van der Waals surface area contributed by atoms with Crippen LogP contribution in [0.5, 0.6) is 0 Å². The van der Waals surface area contributed by atoms with Gasteiger partial charge >= 0.3 is 0 Å². The number of hydrogen-bond donors (Lipinski definition) is 1. The molecule has 0 aromatic carbocycles. The zero-order valence-corrected chi connectivity index (χ0v) is 9.46. The lowest BCUT2D eigenvalue weighted by atomic mass is 10.2. The number of thioether (sulfide) groups is 1. The molecule has 0 aliphatic carbocycles. The number of anilines is 2. The average Bonchev–Trinajstić information content (AvgIpc) is 2.48. The van der Waals surface area contributed by atoms with E-state index >= 15 is 0 Å². The van der Waals surface area contributed by atoms with Crippen LogP contribution < -0.4 is 10.2 Å². The van der Waals surface area contributed by atoms with E-state index in [1.807, 2.05) is 12.3 Å². The van der Waals surface area contributed by atoms with Gasteiger partial charge in [-0.15, -0.1) is 0 Å². The summed E-state index contributed by atoms with van der Waals surface area (Å²) in [6.07, 6.45) is 3.12. The minimum Gasteiger partial charge on any atom is -0.382 e. The van der Waals surface area contributed by atoms with Crippen LogP contribution in [-0.2, 0) is 0 Å². The smallest absolute Gasteiger partial charge is 0.152 e. The van der Waals surface area contributed by atoms with Crippen LogP contribution in [0.1, 0.15) is 6.42 Å². The molecule has 1 aromatic heterocycles. The Kier molecular flexibility index (Phi) is 2.44. The van der Waals surface area contributed by atoms with Crippen LogP contribution >= 0.6 is 11.8 Å². The van der Waals surface area contributed by atoms with E-state index in [-0.39, 0.29) is 0 Å². The van der Waals surface area contributed by atoms with E-state index in [1.165, 1.54) is 23.6 Å². The fourth-order valence-electron chi connectivity index (χ4n) is 2.31. The van der Waals surface area contributed by atoms with Crippen LogP contribution in [0.2, 0.25) is 0 Å². The Morgan fingerprint density at radius 2 is 2.53 bits per heavy atom. The summed E-state index contributed by atoms with van der Waals surface area (Å²) >= 11 is 2.07. The van der Waals surface area contributed by atoms with Crippen molar-refractivity contribution in [3.63, 3.8) is 0 Å². The maximum absolute atomic E-state index is 4.52. The molecular formula is C11H15N3S. The number of nitrogens with one attached hydrogen (secondary N) is 1. The lowest BCUT2D eigenvalue weighted by Crippen LogP contribution is -2.42. The molecule has 1 fully saturated rings. The molecule has 3 heterocycles. The van der Waals surface area contributed by atoms with Crippen molar-refractivity contribution in [1.29, 1.82) is 0 Å². The Hall–Kier alpha value is -0.900. The van der Waals surface area contributed by atoms with Crippen molar-refractivity contribution in [3.05, 3.63) is 18.3 Å². The predicted molar refractivity (Wildman–Crippen MR) is 65.8 cm³/mol. The van der Waals surface area contributed by atoms with Crippen molar-refractivity contribution in [2.75, 3.05) is 34.8 Å². The van der Waals surface area contributed by atoms with E-state index in [2.05, 4.69) is 33.0 Å². The van der Waals surface area contributed by atoms with E-state index in [4.69, 9.17) is 0 Å². The Labute approximate surface area is 94.3 Å². The second-order valence-corrected chi connectivity index (χ2v) is 5.16. The molecule has 1 aromatic rings. The van der Waals surface area contributed by atoms with Gasteiger partial charge in [0.1, 0.15) is 0 Å². The SMILES string of the molecule is c1cnc2c(c1)NCCC1CSCCN21. The molecule has 0 saturated carbocycles. The molecule has 0 amide bonds. The van der Waals surface area contributed by atoms with Gasteiger partial charge in [-0.05, 0) is 18.6 Å². The molecule has 3 nitrogen and oxygen atoms in total. The number of fused-ring (bicyclic) bond motifs is 3. The number of aromatic nitrogens is 1. The van der Waals surface area contributed by atoms with Crippen molar-refractivity contribution in [3.8, 4) is 0 Å². The topological polar surface area (TPSA) is 28.2 Å². The van der Waals surface area contributed by atoms with Gasteiger partial charge in [-0.2, -0.15) is 11.8 Å². The molecule has 1 N–H and O–H groups in total. The standard InChI is InChI=1S/C11H15N3S/c1-2-10-11(13-4-1)14-6-7-15-8-9(14)3-5-12-10/h1-2,4,9,12H,3,5-8H2. The van der Waals surface area contributed by atoms with Gasteiger partial charge in [-0.3, -0.25) is 0 Å². The third-order valence-electron chi connectivity index (χ3n) is 3.08. The van der Waals surface area contributed by atoms with Gasteiger partial charge in [0.15, 0.2) is 5.82 Å². The highest BCUT2D eigenvalue weighted by Gasteiger charge is 2.27. The Morgan fingerprint density at radius 3 is 3.53 bits per heavy atom. The lowest BCUT2D eigenvalue weighted by molar-refractivity contribution is 0.619. The number of hydrogen-bond acceptors (Lipinski definition) is 4. The third kappa shape index (κ3) is 1.67. The van der Waals surface area contributed by atoms with Gasteiger partial charge in [0, 0.05) is 36.8 Å². The van der Waals surface area contributed by atoms with E-state index in [0.29, 0.717) is 6.04 Å². The molecule has 1 atom stereocenters. The van der Waals surface area contributed by atoms with Gasteiger partial charge in [0.05, 0.1) is 5.69 Å². The van der Waals surface area contributed by atoms with Crippen molar-refractivity contribution in [2.24, 2.45) is 0 Å². The normalized spacial score (nSPS) is 24.8. The molecule has 2 aliphatic heterocycles. The molecule has 0 bridgehead atoms. The summed E-state index contributed by atoms with van der Waals surface area (Å²) in [7, 11) is 0. The maximum atomic E-state index is 4.52. The zero-order chi connectivity index (χ0) is 10.1. The van der Waals surface area contributed by atoms with Crippen LogP contribution in [0.3, 0.4) is 0 Å². The van der Waals surface area contributed by atoms with Crippen LogP contribution in [0, 0.1) is 0 Å². The highest BCUT2D eigenvalue weighted by atomic mass is 32.2. The minimum absolute atomic E-state index is 0.674. The molecule has 0 spiro atoms. The van der Waals surface area contributed by atoms with Gasteiger partial charge in [0.25, 0.3) is 0 Å². The number of rotatable bonds is 0. The second kappa shape index (κ2) is 3.93. The lowest BCUT2D eigenvalue weighted by Gasteiger charge is -2.35. The first-order valence-electron chi connectivity index (χ1n) is 5.48. The van der Waals surface area contributed by atoms with Crippen molar-refractivity contribution < 1.29 is 0 Å². The van der Waals surface area contributed by atoms with Crippen LogP contribution in [0.4, 0.5) is 11.5 Å². The summed E-state index contributed by atoms with van der Waals surface area (Å²) in [6.45, 7) is 2.21. The molecule has 2 aliphatic rings. The van der Waals surface area contributed by atoms with E-state index in [0.717, 1.165) is 18.9 Å². The first kappa shape index (κ1) is 9.33. The average molecular weight is 221 g/mol. The van der Waals surface area contributed by atoms with Gasteiger partial charge < -0.3 is 10.2 Å². The maximum Gasteiger partial charge on any atom is 0.152 e. The van der Waals surface area contributed by atoms with E-state index < -0.39 is 0 Å². The molecular weight excluding hydrogens is 206 g/mol. The molecule has 0 radical (unpaired) electrons. The van der Waals surface area contributed by atoms with E-state index in [9.17, 15) is 0 Å². The van der Waals surface area contributed by atoms with Crippen LogP contribution in [0.25, 0.3) is 0 Å². The van der Waals surface area contributed by atoms with E-state index in [1.54, 1.807) is 0 Å². The zero-order valence-electron chi connectivity index (χ0n) is 8.65. The fraction of sp³-hybridized carbons (Fsp3) is 0.545. The fourth-order valence-corrected chi connectivity index (χ4v) is 3.42. The van der Waals surface area contributed by atoms with Crippen molar-refractivity contribution in [1.82, 2.24) is 4.98 Å². The summed E-state index contributed by atoms with van der Waals surface area (Å²) < 4.78 is 0. The van der Waals surface area contributed by atoms with Crippen molar-refractivity contribution >= 4 is 23.3 Å². The highest BCUT2D eigenvalue weighted by molar-refractivity contribution is 7.99. The first-order valence-corrected chi connectivity index (χ1v) is 6.64. The Morgan fingerprint density at radius 1 is 1.53 bits per heavy atom. The van der Waals surface area contributed by atoms with Gasteiger partial charge in [-0.25, -0.2) is 4.98 Å². The number of pyridine rings is 1. The first-order chi connectivity index (χ1) is 7.45. The molecule has 3 rings (SSSR count). The highest BCUT2D eigenvalue weighted by Crippen LogP contribution is 2.31. The van der Waals surface area contributed by atoms with Gasteiger partial charge in [-0.1, -0.05) is 0 Å². The Bertz CT molecular complexity index is 355. The molecule has 1 unspecified atom stereocenters. The molecule has 1 saturated heterocycles. The minimum atomic E-state index is 0.674. The van der Waals surface area contributed by atoms with Crippen LogP contribution in [0.15, 0.2) is 18.3 Å². The number of nitrogens with zero attached hydrogens (tertiary/aromatic N) is 2. The monoisotopic (exact) mass is 221 g/mol. The quantitative estimate of drug-likeness (QED) is 0.723. The predicted octanol–water partition coefficient (Wildman–Crippen LogP) is 1.82. The summed E-state index contributed by atoms with van der Waals surface area (Å²) in [5.74, 6) is 3.63. The largest absolute Gasteiger partial charge is 0.382 e. The second-order valence-electron chi connectivity index (χ2n) is 4.01. The van der Waals surface area contributed by atoms with Crippen LogP contribution in [-0.4, -0.2) is 35.6 Å². The molecule has 15 heavy (non-hydrogen) atoms. The Balaban J connectivity index is 1.99. The summed E-state index contributed by atoms with van der Waals surface area (Å²) in [5, 5.41) is 3.47. The molecule has 4 heteroatoms. The molecule has 80 valence electrons. The van der Waals surface area contributed by atoms with Gasteiger partial charge in [0.2, 0.25) is 0 Å². The third-order valence-corrected chi connectivity index (χ3v) is 4.17. The summed E-state index contributed by atoms with van der Waals surface area (Å²) in [4.78, 5) is 7.00. The van der Waals surface area contributed by atoms with Crippen molar-refractivity contribution in [2.45, 2.75) is 12.5 Å². The summed E-state index contributed by atoms with van der Waals surface area (Å²) in [6, 6.07) is 4.81. The summed E-state index contributed by atoms with van der Waals surface area (Å²) in [5.41, 5.74) is 1.20.